The number of hydrogen-bond donors (Lipinski definition) is 2. The van der Waals surface area contributed by atoms with Crippen molar-refractivity contribution in [1.82, 2.24) is 15.1 Å². The third-order valence-electron chi connectivity index (χ3n) is 4.93. The third kappa shape index (κ3) is 4.93. The number of nitrogens with one attached hydrogen (secondary N) is 1. The van der Waals surface area contributed by atoms with Gasteiger partial charge >= 0.3 is 0 Å². The molecule has 1 amide bonds. The number of carbonyl (C=O) groups is 1. The Morgan fingerprint density at radius 3 is 2.52 bits per heavy atom. The van der Waals surface area contributed by atoms with Gasteiger partial charge in [-0.25, -0.2) is 8.78 Å². The summed E-state index contributed by atoms with van der Waals surface area (Å²) in [5, 5.41) is 7.93. The fraction of sp³-hybridized carbons (Fsp3) is 0.167. The third-order valence-corrected chi connectivity index (χ3v) is 4.93. The summed E-state index contributed by atoms with van der Waals surface area (Å²) in [5.41, 5.74) is 7.44. The van der Waals surface area contributed by atoms with Crippen LogP contribution in [0.3, 0.4) is 0 Å². The number of hydrogen-bond acceptors (Lipinski definition) is 5. The molecular weight excluding hydrogens is 430 g/mol. The highest BCUT2D eigenvalue weighted by atomic mass is 19.1. The second-order valence-corrected chi connectivity index (χ2v) is 7.68. The first-order valence-electron chi connectivity index (χ1n) is 10.1. The quantitative estimate of drug-likeness (QED) is 0.415. The second kappa shape index (κ2) is 9.25. The van der Waals surface area contributed by atoms with Gasteiger partial charge in [0.2, 0.25) is 5.91 Å². The maximum Gasteiger partial charge on any atom is 0.249 e. The van der Waals surface area contributed by atoms with Crippen molar-refractivity contribution in [3.8, 4) is 28.5 Å². The van der Waals surface area contributed by atoms with Gasteiger partial charge in [0.05, 0.1) is 16.6 Å². The van der Waals surface area contributed by atoms with E-state index in [0.29, 0.717) is 46.8 Å². The van der Waals surface area contributed by atoms with Crippen molar-refractivity contribution in [2.24, 2.45) is 5.73 Å². The molecule has 1 heterocycles. The van der Waals surface area contributed by atoms with Gasteiger partial charge in [0, 0.05) is 30.1 Å². The monoisotopic (exact) mass is 452 g/mol. The number of nitrogens with two attached hydrogens (primary N) is 1. The van der Waals surface area contributed by atoms with E-state index in [1.165, 1.54) is 0 Å². The maximum absolute atomic E-state index is 13.5. The van der Waals surface area contributed by atoms with Crippen molar-refractivity contribution in [3.63, 3.8) is 0 Å². The summed E-state index contributed by atoms with van der Waals surface area (Å²) in [7, 11) is 3.86. The fourth-order valence-corrected chi connectivity index (χ4v) is 3.41. The summed E-state index contributed by atoms with van der Waals surface area (Å²) in [4.78, 5) is 14.2. The molecule has 0 saturated heterocycles. The summed E-state index contributed by atoms with van der Waals surface area (Å²) in [5.74, 6) is -1.30. The van der Waals surface area contributed by atoms with Crippen molar-refractivity contribution >= 4 is 16.8 Å². The first-order chi connectivity index (χ1) is 15.8. The summed E-state index contributed by atoms with van der Waals surface area (Å²) in [6.07, 6.45) is 0. The minimum Gasteiger partial charge on any atom is -0.492 e. The second-order valence-electron chi connectivity index (χ2n) is 7.68. The van der Waals surface area contributed by atoms with Crippen LogP contribution in [-0.2, 0) is 0 Å². The molecule has 3 N–H and O–H groups in total. The lowest BCUT2D eigenvalue weighted by Gasteiger charge is -2.15. The Hall–Kier alpha value is -3.98. The lowest BCUT2D eigenvalue weighted by atomic mass is 10.00. The predicted molar refractivity (Wildman–Crippen MR) is 121 cm³/mol. The largest absolute Gasteiger partial charge is 0.492 e. The van der Waals surface area contributed by atoms with Crippen LogP contribution in [0.4, 0.5) is 8.78 Å². The molecule has 0 aliphatic rings. The number of rotatable bonds is 8. The molecule has 0 aliphatic carbocycles. The van der Waals surface area contributed by atoms with Crippen LogP contribution in [0.2, 0.25) is 0 Å². The van der Waals surface area contributed by atoms with E-state index in [1.54, 1.807) is 36.4 Å². The SMILES string of the molecule is CN(C)CCOc1cccc(C(N)=O)c1-c1n[nH]c2ccc(Oc3cc(F)cc(F)c3)cc12. The average Bonchev–Trinajstić information content (AvgIpc) is 3.15. The number of halogens is 2. The Kier molecular flexibility index (Phi) is 6.23. The highest BCUT2D eigenvalue weighted by Gasteiger charge is 2.21. The van der Waals surface area contributed by atoms with E-state index in [9.17, 15) is 13.6 Å². The number of aromatic nitrogens is 2. The molecule has 0 saturated carbocycles. The molecule has 0 unspecified atom stereocenters. The topological polar surface area (TPSA) is 93.5 Å². The Morgan fingerprint density at radius 1 is 1.06 bits per heavy atom. The molecule has 0 spiro atoms. The fourth-order valence-electron chi connectivity index (χ4n) is 3.41. The maximum atomic E-state index is 13.5. The molecular formula is C24H22F2N4O3. The van der Waals surface area contributed by atoms with E-state index in [1.807, 2.05) is 19.0 Å². The molecule has 33 heavy (non-hydrogen) atoms. The Bertz CT molecular complexity index is 1300. The van der Waals surface area contributed by atoms with Gasteiger partial charge in [0.25, 0.3) is 0 Å². The number of aromatic amines is 1. The van der Waals surface area contributed by atoms with Crippen LogP contribution in [0.15, 0.2) is 54.6 Å². The van der Waals surface area contributed by atoms with Crippen LogP contribution in [0.25, 0.3) is 22.2 Å². The van der Waals surface area contributed by atoms with Gasteiger partial charge in [-0.1, -0.05) is 6.07 Å². The molecule has 4 rings (SSSR count). The van der Waals surface area contributed by atoms with E-state index in [2.05, 4.69) is 10.2 Å². The molecule has 0 bridgehead atoms. The van der Waals surface area contributed by atoms with Crippen molar-refractivity contribution < 1.29 is 23.0 Å². The molecule has 170 valence electrons. The van der Waals surface area contributed by atoms with Gasteiger partial charge in [0.1, 0.15) is 41.2 Å². The molecule has 7 nitrogen and oxygen atoms in total. The summed E-state index contributed by atoms with van der Waals surface area (Å²) in [6.45, 7) is 1.06. The molecule has 0 fully saturated rings. The number of H-pyrrole nitrogens is 1. The normalized spacial score (nSPS) is 11.2. The molecule has 3 aromatic carbocycles. The van der Waals surface area contributed by atoms with E-state index >= 15 is 0 Å². The van der Waals surface area contributed by atoms with Crippen molar-refractivity contribution in [1.29, 1.82) is 0 Å². The summed E-state index contributed by atoms with van der Waals surface area (Å²) >= 11 is 0. The van der Waals surface area contributed by atoms with E-state index in [-0.39, 0.29) is 11.3 Å². The van der Waals surface area contributed by atoms with Crippen LogP contribution in [0.1, 0.15) is 10.4 Å². The number of ether oxygens (including phenoxy) is 2. The number of primary amides is 1. The zero-order valence-electron chi connectivity index (χ0n) is 18.1. The zero-order valence-corrected chi connectivity index (χ0v) is 18.1. The average molecular weight is 452 g/mol. The standard InChI is InChI=1S/C24H22F2N4O3/c1-30(2)8-9-32-21-5-3-4-18(24(27)31)22(21)23-19-13-16(6-7-20(19)28-29-23)33-17-11-14(25)10-15(26)12-17/h3-7,10-13H,8-9H2,1-2H3,(H2,27,31)(H,28,29). The van der Waals surface area contributed by atoms with Crippen LogP contribution in [-0.4, -0.2) is 48.3 Å². The highest BCUT2D eigenvalue weighted by molar-refractivity contribution is 6.05. The minimum absolute atomic E-state index is 0.0159. The van der Waals surface area contributed by atoms with Gasteiger partial charge in [-0.15, -0.1) is 0 Å². The van der Waals surface area contributed by atoms with Crippen molar-refractivity contribution in [2.75, 3.05) is 27.2 Å². The molecule has 0 atom stereocenters. The number of fused-ring (bicyclic) bond motifs is 1. The first kappa shape index (κ1) is 22.2. The zero-order chi connectivity index (χ0) is 23.5. The van der Waals surface area contributed by atoms with Crippen LogP contribution < -0.4 is 15.2 Å². The number of carbonyl (C=O) groups excluding carboxylic acids is 1. The molecule has 0 aliphatic heterocycles. The lowest BCUT2D eigenvalue weighted by molar-refractivity contribution is 0.100. The van der Waals surface area contributed by atoms with Gasteiger partial charge < -0.3 is 20.1 Å². The first-order valence-corrected chi connectivity index (χ1v) is 10.1. The molecule has 0 radical (unpaired) electrons. The van der Waals surface area contributed by atoms with Crippen molar-refractivity contribution in [3.05, 3.63) is 71.8 Å². The van der Waals surface area contributed by atoms with Gasteiger partial charge in [-0.2, -0.15) is 5.10 Å². The summed E-state index contributed by atoms with van der Waals surface area (Å²) < 4.78 is 38.7. The van der Waals surface area contributed by atoms with Gasteiger partial charge in [-0.3, -0.25) is 9.89 Å². The van der Waals surface area contributed by atoms with E-state index in [0.717, 1.165) is 18.2 Å². The van der Waals surface area contributed by atoms with E-state index < -0.39 is 17.5 Å². The number of nitrogens with zero attached hydrogens (tertiary/aromatic N) is 2. The van der Waals surface area contributed by atoms with Crippen LogP contribution in [0, 0.1) is 11.6 Å². The number of amides is 1. The van der Waals surface area contributed by atoms with Crippen LogP contribution in [0.5, 0.6) is 17.2 Å². The van der Waals surface area contributed by atoms with Crippen LogP contribution >= 0.6 is 0 Å². The van der Waals surface area contributed by atoms with Gasteiger partial charge in [0.15, 0.2) is 0 Å². The molecule has 9 heteroatoms. The molecule has 4 aromatic rings. The lowest BCUT2D eigenvalue weighted by Crippen LogP contribution is -2.20. The highest BCUT2D eigenvalue weighted by Crippen LogP contribution is 2.38. The molecule has 1 aromatic heterocycles. The minimum atomic E-state index is -0.745. The van der Waals surface area contributed by atoms with Gasteiger partial charge in [-0.05, 0) is 44.4 Å². The Labute approximate surface area is 188 Å². The smallest absolute Gasteiger partial charge is 0.249 e. The number of benzene rings is 3. The number of likely N-dealkylation sites (N-methyl/N-ethyl adjacent to an activating group) is 1. The Balaban J connectivity index is 1.78. The Morgan fingerprint density at radius 2 is 1.82 bits per heavy atom. The van der Waals surface area contributed by atoms with E-state index in [4.69, 9.17) is 15.2 Å². The summed E-state index contributed by atoms with van der Waals surface area (Å²) in [6, 6.07) is 13.0. The predicted octanol–water partition coefficient (Wildman–Crippen LogP) is 4.34. The van der Waals surface area contributed by atoms with Crippen molar-refractivity contribution in [2.45, 2.75) is 0 Å².